The van der Waals surface area contributed by atoms with Crippen LogP contribution in [0.15, 0.2) is 12.4 Å². The van der Waals surface area contributed by atoms with Crippen LogP contribution >= 0.6 is 0 Å². The van der Waals surface area contributed by atoms with Crippen LogP contribution in [0.5, 0.6) is 0 Å². The summed E-state index contributed by atoms with van der Waals surface area (Å²) in [7, 11) is 0. The monoisotopic (exact) mass is 281 g/mol. The highest BCUT2D eigenvalue weighted by molar-refractivity contribution is 5.28. The molecule has 0 atom stereocenters. The van der Waals surface area contributed by atoms with Crippen molar-refractivity contribution in [3.63, 3.8) is 0 Å². The minimum Gasteiger partial charge on any atom is -0.339 e. The fourth-order valence-electron chi connectivity index (χ4n) is 2.52. The maximum absolute atomic E-state index is 12.8. The third kappa shape index (κ3) is 4.68. The van der Waals surface area contributed by atoms with Crippen molar-refractivity contribution in [2.24, 2.45) is 5.73 Å². The van der Waals surface area contributed by atoms with E-state index in [0.29, 0.717) is 5.95 Å². The molecule has 0 aliphatic carbocycles. The summed E-state index contributed by atoms with van der Waals surface area (Å²) in [5, 5.41) is 0. The van der Waals surface area contributed by atoms with Crippen LogP contribution in [0.3, 0.4) is 0 Å². The molecular weight excluding hydrogens is 257 g/mol. The molecule has 1 aromatic heterocycles. The number of unbranched alkanes of at least 4 members (excludes halogenated alkanes) is 2. The van der Waals surface area contributed by atoms with Gasteiger partial charge in [-0.25, -0.2) is 14.4 Å². The number of aromatic nitrogens is 2. The largest absolute Gasteiger partial charge is 0.339 e. The predicted molar refractivity (Wildman–Crippen MR) is 78.2 cm³/mol. The van der Waals surface area contributed by atoms with E-state index < -0.39 is 0 Å². The fraction of sp³-hybridized carbons (Fsp3) is 0.714. The number of nitrogens with two attached hydrogens (primary N) is 1. The van der Waals surface area contributed by atoms with Gasteiger partial charge in [0.1, 0.15) is 0 Å². The fourth-order valence-corrected chi connectivity index (χ4v) is 2.52. The molecule has 2 heterocycles. The molecule has 1 fully saturated rings. The lowest BCUT2D eigenvalue weighted by Crippen LogP contribution is -2.32. The van der Waals surface area contributed by atoms with Gasteiger partial charge in [-0.05, 0) is 38.9 Å². The Morgan fingerprint density at radius 1 is 1.05 bits per heavy atom. The van der Waals surface area contributed by atoms with Crippen molar-refractivity contribution >= 4 is 5.95 Å². The quantitative estimate of drug-likeness (QED) is 0.796. The van der Waals surface area contributed by atoms with Gasteiger partial charge in [0.15, 0.2) is 5.82 Å². The van der Waals surface area contributed by atoms with E-state index in [1.165, 1.54) is 25.2 Å². The number of hydrogen-bond donors (Lipinski definition) is 1. The van der Waals surface area contributed by atoms with Gasteiger partial charge in [0, 0.05) is 19.6 Å². The Kier molecular flexibility index (Phi) is 6.14. The van der Waals surface area contributed by atoms with E-state index in [1.807, 2.05) is 0 Å². The van der Waals surface area contributed by atoms with E-state index in [1.54, 1.807) is 0 Å². The van der Waals surface area contributed by atoms with Crippen LogP contribution < -0.4 is 10.6 Å². The third-order valence-electron chi connectivity index (χ3n) is 3.66. The number of nitrogens with zero attached hydrogens (tertiary/aromatic N) is 4. The van der Waals surface area contributed by atoms with Gasteiger partial charge in [-0.1, -0.05) is 6.42 Å². The first-order valence-corrected chi connectivity index (χ1v) is 7.44. The number of hydrogen-bond acceptors (Lipinski definition) is 5. The minimum absolute atomic E-state index is 0.384. The summed E-state index contributed by atoms with van der Waals surface area (Å²) >= 11 is 0. The van der Waals surface area contributed by atoms with Gasteiger partial charge < -0.3 is 15.5 Å². The van der Waals surface area contributed by atoms with Crippen molar-refractivity contribution in [2.75, 3.05) is 44.2 Å². The van der Waals surface area contributed by atoms with Gasteiger partial charge in [-0.3, -0.25) is 0 Å². The van der Waals surface area contributed by atoms with Crippen molar-refractivity contribution in [3.05, 3.63) is 18.2 Å². The molecule has 0 saturated carbocycles. The minimum atomic E-state index is -0.384. The smallest absolute Gasteiger partial charge is 0.225 e. The molecule has 0 bridgehead atoms. The van der Waals surface area contributed by atoms with Crippen molar-refractivity contribution < 1.29 is 4.39 Å². The highest BCUT2D eigenvalue weighted by Crippen LogP contribution is 2.11. The van der Waals surface area contributed by atoms with E-state index in [4.69, 9.17) is 5.73 Å². The summed E-state index contributed by atoms with van der Waals surface area (Å²) in [6, 6.07) is 0. The highest BCUT2D eigenvalue weighted by Gasteiger charge is 2.16. The molecule has 0 aromatic carbocycles. The first-order chi connectivity index (χ1) is 9.79. The van der Waals surface area contributed by atoms with Crippen molar-refractivity contribution in [1.29, 1.82) is 0 Å². The molecule has 1 aromatic rings. The Morgan fingerprint density at radius 2 is 1.85 bits per heavy atom. The maximum Gasteiger partial charge on any atom is 0.225 e. The zero-order valence-corrected chi connectivity index (χ0v) is 12.0. The summed E-state index contributed by atoms with van der Waals surface area (Å²) < 4.78 is 12.8. The highest BCUT2D eigenvalue weighted by atomic mass is 19.1. The van der Waals surface area contributed by atoms with E-state index in [0.717, 1.165) is 52.1 Å². The molecule has 0 amide bonds. The van der Waals surface area contributed by atoms with Crippen LogP contribution in [-0.4, -0.2) is 54.1 Å². The Balaban J connectivity index is 1.78. The summed E-state index contributed by atoms with van der Waals surface area (Å²) in [6.45, 7) is 5.89. The molecule has 0 unspecified atom stereocenters. The maximum atomic E-state index is 12.8. The zero-order valence-electron chi connectivity index (χ0n) is 12.0. The summed E-state index contributed by atoms with van der Waals surface area (Å²) in [6.07, 6.45) is 7.10. The zero-order chi connectivity index (χ0) is 14.2. The molecule has 1 aliphatic heterocycles. The van der Waals surface area contributed by atoms with Crippen LogP contribution in [0.4, 0.5) is 10.3 Å². The first kappa shape index (κ1) is 15.1. The number of halogens is 1. The van der Waals surface area contributed by atoms with E-state index >= 15 is 0 Å². The van der Waals surface area contributed by atoms with Gasteiger partial charge in [0.25, 0.3) is 0 Å². The molecule has 0 spiro atoms. The van der Waals surface area contributed by atoms with Crippen LogP contribution in [-0.2, 0) is 0 Å². The van der Waals surface area contributed by atoms with Crippen LogP contribution in [0.2, 0.25) is 0 Å². The molecule has 1 saturated heterocycles. The second-order valence-corrected chi connectivity index (χ2v) is 5.23. The molecule has 5 nitrogen and oxygen atoms in total. The van der Waals surface area contributed by atoms with E-state index in [2.05, 4.69) is 19.8 Å². The Bertz CT molecular complexity index is 384. The Labute approximate surface area is 120 Å². The van der Waals surface area contributed by atoms with Crippen LogP contribution in [0.1, 0.15) is 25.7 Å². The molecule has 2 rings (SSSR count). The van der Waals surface area contributed by atoms with Crippen molar-refractivity contribution in [3.8, 4) is 0 Å². The SMILES string of the molecule is NCCCCCN1CCCN(c2ncc(F)cn2)CC1. The van der Waals surface area contributed by atoms with Crippen molar-refractivity contribution in [2.45, 2.75) is 25.7 Å². The second kappa shape index (κ2) is 8.11. The van der Waals surface area contributed by atoms with E-state index in [-0.39, 0.29) is 5.82 Å². The Hall–Kier alpha value is -1.27. The predicted octanol–water partition coefficient (Wildman–Crippen LogP) is 1.26. The third-order valence-corrected chi connectivity index (χ3v) is 3.66. The van der Waals surface area contributed by atoms with Gasteiger partial charge in [0.05, 0.1) is 12.4 Å². The summed E-state index contributed by atoms with van der Waals surface area (Å²) in [5.41, 5.74) is 5.51. The van der Waals surface area contributed by atoms with Crippen LogP contribution in [0.25, 0.3) is 0 Å². The average molecular weight is 281 g/mol. The number of rotatable bonds is 6. The normalized spacial score (nSPS) is 17.2. The van der Waals surface area contributed by atoms with Gasteiger partial charge in [-0.2, -0.15) is 0 Å². The molecule has 112 valence electrons. The van der Waals surface area contributed by atoms with Gasteiger partial charge in [-0.15, -0.1) is 0 Å². The Morgan fingerprint density at radius 3 is 2.60 bits per heavy atom. The molecule has 20 heavy (non-hydrogen) atoms. The average Bonchev–Trinajstić information content (AvgIpc) is 2.70. The first-order valence-electron chi connectivity index (χ1n) is 7.44. The topological polar surface area (TPSA) is 58.3 Å². The lowest BCUT2D eigenvalue weighted by Gasteiger charge is -2.21. The summed E-state index contributed by atoms with van der Waals surface area (Å²) in [5.74, 6) is 0.251. The molecule has 2 N–H and O–H groups in total. The lowest BCUT2D eigenvalue weighted by atomic mass is 10.2. The van der Waals surface area contributed by atoms with Crippen LogP contribution in [0, 0.1) is 5.82 Å². The summed E-state index contributed by atoms with van der Waals surface area (Å²) in [4.78, 5) is 12.7. The number of anilines is 1. The molecule has 0 radical (unpaired) electrons. The molecular formula is C14H24FN5. The molecule has 6 heteroatoms. The standard InChI is InChI=1S/C14H24FN5/c15-13-11-17-14(18-12-13)20-8-4-7-19(9-10-20)6-3-1-2-5-16/h11-12H,1-10,16H2. The van der Waals surface area contributed by atoms with E-state index in [9.17, 15) is 4.39 Å². The van der Waals surface area contributed by atoms with Crippen molar-refractivity contribution in [1.82, 2.24) is 14.9 Å². The molecule has 1 aliphatic rings. The van der Waals surface area contributed by atoms with Gasteiger partial charge >= 0.3 is 0 Å². The van der Waals surface area contributed by atoms with Gasteiger partial charge in [0.2, 0.25) is 5.95 Å². The second-order valence-electron chi connectivity index (χ2n) is 5.23. The lowest BCUT2D eigenvalue weighted by molar-refractivity contribution is 0.286.